The number of nitrogens with zero attached hydrogens (tertiary/aromatic N) is 1. The Kier molecular flexibility index (Phi) is 5.36. The largest absolute Gasteiger partial charge is 0.501 e. The molecule has 0 amide bonds. The molecule has 0 fully saturated rings. The van der Waals surface area contributed by atoms with Gasteiger partial charge in [0.2, 0.25) is 0 Å². The van der Waals surface area contributed by atoms with E-state index in [1.165, 1.54) is 16.7 Å². The second-order valence-corrected chi connectivity index (χ2v) is 5.98. The van der Waals surface area contributed by atoms with Gasteiger partial charge in [0.25, 0.3) is 0 Å². The number of hydrogen-bond acceptors (Lipinski definition) is 3. The van der Waals surface area contributed by atoms with E-state index in [2.05, 4.69) is 30.7 Å². The highest BCUT2D eigenvalue weighted by Gasteiger charge is 2.24. The molecule has 23 heavy (non-hydrogen) atoms. The summed E-state index contributed by atoms with van der Waals surface area (Å²) in [6, 6.07) is 2.05. The van der Waals surface area contributed by atoms with Crippen LogP contribution in [0.25, 0.3) is 11.0 Å². The quantitative estimate of drug-likeness (QED) is 0.672. The summed E-state index contributed by atoms with van der Waals surface area (Å²) in [5, 5.41) is 18.3. The molecular weight excluding hydrogens is 312 g/mol. The second-order valence-electron chi connectivity index (χ2n) is 5.56. The van der Waals surface area contributed by atoms with E-state index in [1.54, 1.807) is 0 Å². The van der Waals surface area contributed by atoms with Crippen molar-refractivity contribution in [2.75, 3.05) is 0 Å². The lowest BCUT2D eigenvalue weighted by atomic mass is 9.94. The number of carbonyl (C=O) groups is 1. The van der Waals surface area contributed by atoms with E-state index in [9.17, 15) is 9.90 Å². The Morgan fingerprint density at radius 1 is 1.22 bits per heavy atom. The summed E-state index contributed by atoms with van der Waals surface area (Å²) in [4.78, 5) is 18.7. The van der Waals surface area contributed by atoms with E-state index in [4.69, 9.17) is 17.3 Å². The minimum atomic E-state index is -1.02. The van der Waals surface area contributed by atoms with Crippen LogP contribution in [-0.2, 0) is 24.1 Å². The van der Waals surface area contributed by atoms with Crippen LogP contribution in [0, 0.1) is 0 Å². The molecule has 1 heterocycles. The fourth-order valence-electron chi connectivity index (χ4n) is 3.12. The number of aliphatic hydroxyl groups is 1. The van der Waals surface area contributed by atoms with Gasteiger partial charge in [0.15, 0.2) is 5.05 Å². The van der Waals surface area contributed by atoms with Gasteiger partial charge in [0, 0.05) is 0 Å². The first kappa shape index (κ1) is 17.4. The molecule has 0 aliphatic carbocycles. The predicted molar refractivity (Wildman–Crippen MR) is 94.4 cm³/mol. The molecule has 0 spiro atoms. The van der Waals surface area contributed by atoms with Crippen LogP contribution >= 0.6 is 12.2 Å². The Balaban J connectivity index is 2.65. The lowest BCUT2D eigenvalue weighted by Crippen LogP contribution is -2.15. The van der Waals surface area contributed by atoms with Crippen molar-refractivity contribution in [3.05, 3.63) is 28.6 Å². The van der Waals surface area contributed by atoms with Crippen molar-refractivity contribution in [1.82, 2.24) is 9.97 Å². The molecule has 0 saturated carbocycles. The average Bonchev–Trinajstić information content (AvgIpc) is 2.93. The topological polar surface area (TPSA) is 86.2 Å². The zero-order valence-electron chi connectivity index (χ0n) is 13.6. The Morgan fingerprint density at radius 2 is 1.87 bits per heavy atom. The Labute approximate surface area is 140 Å². The number of fused-ring (bicyclic) bond motifs is 1. The van der Waals surface area contributed by atoms with Crippen molar-refractivity contribution in [3.63, 3.8) is 0 Å². The van der Waals surface area contributed by atoms with E-state index >= 15 is 0 Å². The van der Waals surface area contributed by atoms with Gasteiger partial charge in [0.05, 0.1) is 23.4 Å². The lowest BCUT2D eigenvalue weighted by molar-refractivity contribution is -0.137. The van der Waals surface area contributed by atoms with Crippen LogP contribution in [-0.4, -0.2) is 31.2 Å². The van der Waals surface area contributed by atoms with Gasteiger partial charge in [-0.05, 0) is 54.2 Å². The molecular formula is C17H22N2O3S. The number of hydrogen-bond donors (Lipinski definition) is 3. The number of aryl methyl sites for hydroxylation is 2. The summed E-state index contributed by atoms with van der Waals surface area (Å²) in [5.41, 5.74) is 5.51. The van der Waals surface area contributed by atoms with Crippen LogP contribution in [0.2, 0.25) is 0 Å². The molecule has 2 aromatic rings. The average molecular weight is 334 g/mol. The zero-order valence-corrected chi connectivity index (χ0v) is 14.5. The fraction of sp³-hybridized carbons (Fsp3) is 0.471. The number of carboxylic acids is 1. The molecule has 0 aliphatic heterocycles. The molecule has 1 aromatic heterocycles. The maximum atomic E-state index is 11.0. The van der Waals surface area contributed by atoms with Crippen molar-refractivity contribution in [2.45, 2.75) is 52.4 Å². The third-order valence-electron chi connectivity index (χ3n) is 4.21. The summed E-state index contributed by atoms with van der Waals surface area (Å²) in [5.74, 6) is -1.40. The molecule has 2 rings (SSSR count). The van der Waals surface area contributed by atoms with Crippen molar-refractivity contribution in [2.24, 2.45) is 0 Å². The molecule has 0 radical (unpaired) electrons. The number of aliphatic carboxylic acids is 1. The SMILES string of the molecule is CCc1cc2nc(C(CC(=O)O)C(O)=S)[nH]c2c(CC)c1CC. The Hall–Kier alpha value is -1.95. The minimum absolute atomic E-state index is 0.280. The van der Waals surface area contributed by atoms with E-state index in [0.717, 1.165) is 30.3 Å². The van der Waals surface area contributed by atoms with Gasteiger partial charge in [-0.15, -0.1) is 0 Å². The summed E-state index contributed by atoms with van der Waals surface area (Å²) >= 11 is 4.81. The molecule has 1 atom stereocenters. The number of carboxylic acid groups (broad SMARTS) is 1. The molecule has 5 nitrogen and oxygen atoms in total. The molecule has 124 valence electrons. The normalized spacial score (nSPS) is 12.5. The first-order valence-corrected chi connectivity index (χ1v) is 8.31. The molecule has 1 aromatic carbocycles. The third kappa shape index (κ3) is 3.37. The highest BCUT2D eigenvalue weighted by Crippen LogP contribution is 2.29. The maximum absolute atomic E-state index is 11.0. The minimum Gasteiger partial charge on any atom is -0.501 e. The zero-order chi connectivity index (χ0) is 17.1. The van der Waals surface area contributed by atoms with Crippen LogP contribution in [0.15, 0.2) is 6.07 Å². The van der Waals surface area contributed by atoms with Gasteiger partial charge in [-0.1, -0.05) is 20.8 Å². The van der Waals surface area contributed by atoms with Crippen LogP contribution in [0.1, 0.15) is 55.6 Å². The standard InChI is InChI=1S/C17H22N2O3S/c1-4-9-7-13-15(11(6-3)10(9)5-2)19-16(18-13)12(17(22)23)8-14(20)21/h7,12H,4-6,8H2,1-3H3,(H,18,19)(H,20,21)(H,22,23). The monoisotopic (exact) mass is 334 g/mol. The van der Waals surface area contributed by atoms with Crippen molar-refractivity contribution < 1.29 is 15.0 Å². The van der Waals surface area contributed by atoms with Crippen LogP contribution in [0.5, 0.6) is 0 Å². The molecule has 0 saturated heterocycles. The number of rotatable bonds is 7. The van der Waals surface area contributed by atoms with Crippen LogP contribution in [0.3, 0.4) is 0 Å². The first-order chi connectivity index (χ1) is 10.9. The first-order valence-electron chi connectivity index (χ1n) is 7.90. The number of benzene rings is 1. The van der Waals surface area contributed by atoms with Gasteiger partial charge in [-0.2, -0.15) is 0 Å². The highest BCUT2D eigenvalue weighted by atomic mass is 32.1. The Bertz CT molecular complexity index is 752. The highest BCUT2D eigenvalue weighted by molar-refractivity contribution is 7.80. The number of imidazole rings is 1. The van der Waals surface area contributed by atoms with Crippen LogP contribution < -0.4 is 0 Å². The molecule has 1 unspecified atom stereocenters. The molecule has 3 N–H and O–H groups in total. The van der Waals surface area contributed by atoms with Gasteiger partial charge < -0.3 is 15.2 Å². The number of thiocarbonyl (C=S) groups is 1. The lowest BCUT2D eigenvalue weighted by Gasteiger charge is -2.12. The summed E-state index contributed by atoms with van der Waals surface area (Å²) in [6.45, 7) is 6.34. The van der Waals surface area contributed by atoms with Crippen molar-refractivity contribution in [3.8, 4) is 0 Å². The van der Waals surface area contributed by atoms with Crippen LogP contribution in [0.4, 0.5) is 0 Å². The number of aliphatic hydroxyl groups excluding tert-OH is 1. The van der Waals surface area contributed by atoms with E-state index < -0.39 is 11.9 Å². The number of aromatic nitrogens is 2. The van der Waals surface area contributed by atoms with E-state index in [-0.39, 0.29) is 11.5 Å². The number of nitrogens with one attached hydrogen (secondary N) is 1. The third-order valence-corrected chi connectivity index (χ3v) is 4.49. The molecule has 0 bridgehead atoms. The summed E-state index contributed by atoms with van der Waals surface area (Å²) in [7, 11) is 0. The Morgan fingerprint density at radius 3 is 2.35 bits per heavy atom. The number of aromatic amines is 1. The molecule has 6 heteroatoms. The smallest absolute Gasteiger partial charge is 0.304 e. The van der Waals surface area contributed by atoms with E-state index in [0.29, 0.717) is 5.82 Å². The van der Waals surface area contributed by atoms with Gasteiger partial charge in [-0.3, -0.25) is 4.79 Å². The second kappa shape index (κ2) is 7.08. The predicted octanol–water partition coefficient (Wildman–Crippen LogP) is 3.69. The van der Waals surface area contributed by atoms with Gasteiger partial charge >= 0.3 is 5.97 Å². The fourth-order valence-corrected chi connectivity index (χ4v) is 3.32. The maximum Gasteiger partial charge on any atom is 0.304 e. The van der Waals surface area contributed by atoms with Gasteiger partial charge in [0.1, 0.15) is 5.82 Å². The van der Waals surface area contributed by atoms with Crippen molar-refractivity contribution in [1.29, 1.82) is 0 Å². The summed E-state index contributed by atoms with van der Waals surface area (Å²) < 4.78 is 0. The summed E-state index contributed by atoms with van der Waals surface area (Å²) in [6.07, 6.45) is 2.44. The van der Waals surface area contributed by atoms with E-state index in [1.807, 2.05) is 6.07 Å². The number of H-pyrrole nitrogens is 1. The van der Waals surface area contributed by atoms with Crippen molar-refractivity contribution >= 4 is 34.3 Å². The molecule has 0 aliphatic rings. The van der Waals surface area contributed by atoms with Gasteiger partial charge in [-0.25, -0.2) is 4.98 Å².